The van der Waals surface area contributed by atoms with Crippen molar-refractivity contribution in [2.24, 2.45) is 11.5 Å². The van der Waals surface area contributed by atoms with Crippen molar-refractivity contribution in [1.29, 1.82) is 0 Å². The number of rotatable bonds is 5. The van der Waals surface area contributed by atoms with Gasteiger partial charge in [-0.15, -0.1) is 0 Å². The largest absolute Gasteiger partial charge is 0.457 e. The number of esters is 1. The predicted molar refractivity (Wildman–Crippen MR) is 67.3 cm³/mol. The third kappa shape index (κ3) is 4.54. The Morgan fingerprint density at radius 1 is 1.35 bits per heavy atom. The zero-order valence-electron chi connectivity index (χ0n) is 10.3. The van der Waals surface area contributed by atoms with E-state index in [2.05, 4.69) is 0 Å². The minimum absolute atomic E-state index is 0.275. The van der Waals surface area contributed by atoms with Crippen LogP contribution in [0.4, 0.5) is 0 Å². The second-order valence-corrected chi connectivity index (χ2v) is 4.68. The molecular formula is C13H20N2O2. The zero-order valence-corrected chi connectivity index (χ0v) is 10.3. The molecule has 0 fully saturated rings. The smallest absolute Gasteiger partial charge is 0.323 e. The number of carbonyl (C=O) groups excluding carboxylic acids is 1. The molecule has 0 aromatic heterocycles. The van der Waals surface area contributed by atoms with E-state index in [9.17, 15) is 4.79 Å². The van der Waals surface area contributed by atoms with Crippen LogP contribution in [0.15, 0.2) is 30.3 Å². The molecule has 17 heavy (non-hydrogen) atoms. The van der Waals surface area contributed by atoms with Crippen LogP contribution in [0.2, 0.25) is 0 Å². The lowest BCUT2D eigenvalue weighted by molar-refractivity contribution is -0.157. The first-order valence-electron chi connectivity index (χ1n) is 5.67. The molecule has 94 valence electrons. The number of carbonyl (C=O) groups is 1. The average Bonchev–Trinajstić information content (AvgIpc) is 2.30. The first kappa shape index (κ1) is 13.7. The van der Waals surface area contributed by atoms with Crippen molar-refractivity contribution in [3.63, 3.8) is 0 Å². The Balaban J connectivity index is 2.54. The Morgan fingerprint density at radius 2 is 1.94 bits per heavy atom. The molecule has 0 saturated carbocycles. The van der Waals surface area contributed by atoms with E-state index >= 15 is 0 Å². The maximum Gasteiger partial charge on any atom is 0.323 e. The number of benzene rings is 1. The number of ether oxygens (including phenoxy) is 1. The Hall–Kier alpha value is -1.39. The van der Waals surface area contributed by atoms with Crippen LogP contribution in [-0.2, 0) is 16.0 Å². The normalized spacial score (nSPS) is 13.2. The van der Waals surface area contributed by atoms with Gasteiger partial charge in [0, 0.05) is 6.54 Å². The highest BCUT2D eigenvalue weighted by Crippen LogP contribution is 2.10. The fourth-order valence-corrected chi connectivity index (χ4v) is 1.34. The highest BCUT2D eigenvalue weighted by Gasteiger charge is 2.24. The van der Waals surface area contributed by atoms with Crippen LogP contribution in [0.5, 0.6) is 0 Å². The van der Waals surface area contributed by atoms with Gasteiger partial charge in [0.15, 0.2) is 0 Å². The highest BCUT2D eigenvalue weighted by molar-refractivity contribution is 5.76. The summed E-state index contributed by atoms with van der Waals surface area (Å²) in [6.45, 7) is 3.80. The van der Waals surface area contributed by atoms with Crippen molar-refractivity contribution in [2.75, 3.05) is 6.54 Å². The van der Waals surface area contributed by atoms with Crippen LogP contribution < -0.4 is 11.5 Å². The fraction of sp³-hybridized carbons (Fsp3) is 0.462. The molecule has 0 unspecified atom stereocenters. The van der Waals surface area contributed by atoms with Crippen molar-refractivity contribution < 1.29 is 9.53 Å². The van der Waals surface area contributed by atoms with Crippen molar-refractivity contribution in [3.05, 3.63) is 35.9 Å². The molecule has 4 heteroatoms. The standard InChI is InChI=1S/C13H20N2O2/c1-13(2,9-14)17-12(16)11(15)8-10-6-4-3-5-7-10/h3-7,11H,8-9,14-15H2,1-2H3/t11-/m0/s1. The van der Waals surface area contributed by atoms with Gasteiger partial charge in [-0.05, 0) is 25.8 Å². The van der Waals surface area contributed by atoms with E-state index in [1.807, 2.05) is 30.3 Å². The molecule has 0 heterocycles. The molecule has 0 aliphatic rings. The van der Waals surface area contributed by atoms with Gasteiger partial charge in [0.25, 0.3) is 0 Å². The molecule has 0 aliphatic heterocycles. The monoisotopic (exact) mass is 236 g/mol. The molecule has 4 N–H and O–H groups in total. The molecule has 0 radical (unpaired) electrons. The van der Waals surface area contributed by atoms with Crippen LogP contribution in [0.1, 0.15) is 19.4 Å². The summed E-state index contributed by atoms with van der Waals surface area (Å²) in [5.41, 5.74) is 11.6. The van der Waals surface area contributed by atoms with Gasteiger partial charge in [0.1, 0.15) is 11.6 Å². The zero-order chi connectivity index (χ0) is 12.9. The summed E-state index contributed by atoms with van der Waals surface area (Å²) < 4.78 is 5.23. The van der Waals surface area contributed by atoms with Gasteiger partial charge in [0.2, 0.25) is 0 Å². The first-order chi connectivity index (χ1) is 7.94. The van der Waals surface area contributed by atoms with Gasteiger partial charge in [-0.3, -0.25) is 4.79 Å². The van der Waals surface area contributed by atoms with Gasteiger partial charge in [-0.1, -0.05) is 30.3 Å². The van der Waals surface area contributed by atoms with Crippen LogP contribution in [0.3, 0.4) is 0 Å². The van der Waals surface area contributed by atoms with Gasteiger partial charge in [-0.2, -0.15) is 0 Å². The van der Waals surface area contributed by atoms with E-state index in [-0.39, 0.29) is 6.54 Å². The topological polar surface area (TPSA) is 78.3 Å². The molecule has 0 spiro atoms. The van der Waals surface area contributed by atoms with Crippen LogP contribution >= 0.6 is 0 Å². The summed E-state index contributed by atoms with van der Waals surface area (Å²) in [7, 11) is 0. The summed E-state index contributed by atoms with van der Waals surface area (Å²) in [5.74, 6) is -0.413. The molecule has 1 aromatic rings. The maximum atomic E-state index is 11.7. The third-order valence-electron chi connectivity index (χ3n) is 2.47. The maximum absolute atomic E-state index is 11.7. The lowest BCUT2D eigenvalue weighted by Crippen LogP contribution is -2.43. The minimum Gasteiger partial charge on any atom is -0.457 e. The molecule has 0 saturated heterocycles. The lowest BCUT2D eigenvalue weighted by Gasteiger charge is -2.25. The van der Waals surface area contributed by atoms with E-state index in [4.69, 9.17) is 16.2 Å². The van der Waals surface area contributed by atoms with E-state index in [1.54, 1.807) is 13.8 Å². The Labute approximate surface area is 102 Å². The molecule has 0 amide bonds. The van der Waals surface area contributed by atoms with Gasteiger partial charge >= 0.3 is 5.97 Å². The number of hydrogen-bond donors (Lipinski definition) is 2. The molecule has 1 atom stereocenters. The number of nitrogens with two attached hydrogens (primary N) is 2. The van der Waals surface area contributed by atoms with Crippen LogP contribution in [0.25, 0.3) is 0 Å². The molecule has 0 bridgehead atoms. The van der Waals surface area contributed by atoms with E-state index in [1.165, 1.54) is 0 Å². The summed E-state index contributed by atoms with van der Waals surface area (Å²) >= 11 is 0. The van der Waals surface area contributed by atoms with Crippen molar-refractivity contribution in [1.82, 2.24) is 0 Å². The lowest BCUT2D eigenvalue weighted by atomic mass is 10.1. The van der Waals surface area contributed by atoms with Gasteiger partial charge < -0.3 is 16.2 Å². The summed E-state index contributed by atoms with van der Waals surface area (Å²) in [4.78, 5) is 11.7. The SMILES string of the molecule is CC(C)(CN)OC(=O)[C@@H](N)Cc1ccccc1. The minimum atomic E-state index is -0.661. The molecule has 0 aliphatic carbocycles. The van der Waals surface area contributed by atoms with E-state index in [0.29, 0.717) is 6.42 Å². The highest BCUT2D eigenvalue weighted by atomic mass is 16.6. The predicted octanol–water partition coefficient (Wildman–Crippen LogP) is 0.837. The summed E-state index contributed by atoms with van der Waals surface area (Å²) in [6, 6.07) is 8.96. The Bertz CT molecular complexity index is 363. The molecular weight excluding hydrogens is 216 g/mol. The quantitative estimate of drug-likeness (QED) is 0.742. The third-order valence-corrected chi connectivity index (χ3v) is 2.47. The number of hydrogen-bond acceptors (Lipinski definition) is 4. The van der Waals surface area contributed by atoms with Crippen LogP contribution in [0, 0.1) is 0 Å². The van der Waals surface area contributed by atoms with Crippen LogP contribution in [-0.4, -0.2) is 24.2 Å². The Kier molecular flexibility index (Phi) is 4.66. The van der Waals surface area contributed by atoms with Crippen molar-refractivity contribution in [3.8, 4) is 0 Å². The molecule has 1 aromatic carbocycles. The fourth-order valence-electron chi connectivity index (χ4n) is 1.34. The first-order valence-corrected chi connectivity index (χ1v) is 5.67. The van der Waals surface area contributed by atoms with E-state index in [0.717, 1.165) is 5.56 Å². The average molecular weight is 236 g/mol. The second-order valence-electron chi connectivity index (χ2n) is 4.68. The van der Waals surface area contributed by atoms with E-state index < -0.39 is 17.6 Å². The summed E-state index contributed by atoms with van der Waals surface area (Å²) in [5, 5.41) is 0. The van der Waals surface area contributed by atoms with Gasteiger partial charge in [-0.25, -0.2) is 0 Å². The second kappa shape index (κ2) is 5.80. The van der Waals surface area contributed by atoms with Crippen molar-refractivity contribution >= 4 is 5.97 Å². The van der Waals surface area contributed by atoms with Gasteiger partial charge in [0.05, 0.1) is 0 Å². The van der Waals surface area contributed by atoms with Crippen molar-refractivity contribution in [2.45, 2.75) is 31.9 Å². The molecule has 1 rings (SSSR count). The summed E-state index contributed by atoms with van der Waals surface area (Å²) in [6.07, 6.45) is 0.473. The molecule has 4 nitrogen and oxygen atoms in total. The Morgan fingerprint density at radius 3 is 2.47 bits per heavy atom.